The van der Waals surface area contributed by atoms with Gasteiger partial charge >= 0.3 is 0 Å². The minimum atomic E-state index is -0.141. The molecule has 0 radical (unpaired) electrons. The number of rotatable bonds is 8. The van der Waals surface area contributed by atoms with Gasteiger partial charge < -0.3 is 9.47 Å². The summed E-state index contributed by atoms with van der Waals surface area (Å²) in [7, 11) is 0. The maximum Gasteiger partial charge on any atom is 0.0547 e. The first-order valence-electron chi connectivity index (χ1n) is 24.0. The Morgan fingerprint density at radius 1 is 0.319 bits per heavy atom. The van der Waals surface area contributed by atoms with Gasteiger partial charge in [0.15, 0.2) is 0 Å². The zero-order valence-corrected chi connectivity index (χ0v) is 38.6. The van der Waals surface area contributed by atoms with Crippen LogP contribution in [0.4, 0.5) is 17.1 Å². The molecule has 1 aromatic heterocycles. The smallest absolute Gasteiger partial charge is 0.0547 e. The van der Waals surface area contributed by atoms with E-state index in [9.17, 15) is 0 Å². The van der Waals surface area contributed by atoms with Gasteiger partial charge in [0.25, 0.3) is 0 Å². The van der Waals surface area contributed by atoms with Crippen LogP contribution < -0.4 is 4.90 Å². The third-order valence-corrected chi connectivity index (χ3v) is 14.6. The Labute approximate surface area is 403 Å². The van der Waals surface area contributed by atoms with E-state index in [-0.39, 0.29) is 5.41 Å². The first kappa shape index (κ1) is 40.5. The first-order valence-corrected chi connectivity index (χ1v) is 24.0. The van der Waals surface area contributed by atoms with Crippen LogP contribution in [0.1, 0.15) is 25.0 Å². The van der Waals surface area contributed by atoms with E-state index >= 15 is 0 Å². The molecule has 0 fully saturated rings. The van der Waals surface area contributed by atoms with Crippen molar-refractivity contribution in [3.8, 4) is 61.3 Å². The molecule has 0 saturated heterocycles. The van der Waals surface area contributed by atoms with Gasteiger partial charge in [0.2, 0.25) is 0 Å². The standard InChI is InChI=1S/C67H48N2/c1-67(2)58-36-14-9-29-51(58)52-43-42-47(44-59(52)67)49-28-10-15-37-60(49)69(61-38-16-11-30-53(61)55-34-20-25-46-24-19-33-50(65(46)55)45-22-5-3-6-23-45)62-39-17-12-31-54(62)56-35-21-41-64-66(56)57-32-13-18-40-63(57)68(64)48-26-7-4-8-27-48/h3-44H,1-2H3. The normalized spacial score (nSPS) is 12.6. The molecular formula is C67H48N2. The van der Waals surface area contributed by atoms with E-state index in [1.165, 1.54) is 88.2 Å². The second kappa shape index (κ2) is 16.3. The summed E-state index contributed by atoms with van der Waals surface area (Å²) in [4.78, 5) is 2.55. The zero-order chi connectivity index (χ0) is 46.1. The Balaban J connectivity index is 1.10. The molecule has 2 nitrogen and oxygen atoms in total. The molecule has 13 rings (SSSR count). The van der Waals surface area contributed by atoms with Crippen LogP contribution in [0.25, 0.3) is 93.9 Å². The molecule has 12 aromatic rings. The van der Waals surface area contributed by atoms with Crippen molar-refractivity contribution in [2.45, 2.75) is 19.3 Å². The molecule has 1 aliphatic carbocycles. The van der Waals surface area contributed by atoms with Gasteiger partial charge in [-0.2, -0.15) is 0 Å². The highest BCUT2D eigenvalue weighted by Gasteiger charge is 2.36. The maximum atomic E-state index is 2.55. The average molecular weight is 881 g/mol. The van der Waals surface area contributed by atoms with E-state index in [0.29, 0.717) is 0 Å². The number of benzene rings is 11. The number of para-hydroxylation sites is 5. The molecule has 0 unspecified atom stereocenters. The van der Waals surface area contributed by atoms with E-state index in [0.717, 1.165) is 33.9 Å². The van der Waals surface area contributed by atoms with Crippen molar-refractivity contribution < 1.29 is 0 Å². The number of anilines is 3. The van der Waals surface area contributed by atoms with Gasteiger partial charge in [-0.15, -0.1) is 0 Å². The highest BCUT2D eigenvalue weighted by molar-refractivity contribution is 6.17. The third-order valence-electron chi connectivity index (χ3n) is 14.6. The predicted molar refractivity (Wildman–Crippen MR) is 292 cm³/mol. The van der Waals surface area contributed by atoms with Crippen LogP contribution in [-0.4, -0.2) is 4.57 Å². The molecule has 2 heteroatoms. The van der Waals surface area contributed by atoms with Crippen molar-refractivity contribution in [2.24, 2.45) is 0 Å². The topological polar surface area (TPSA) is 8.17 Å². The van der Waals surface area contributed by atoms with Gasteiger partial charge in [0.05, 0.1) is 28.1 Å². The van der Waals surface area contributed by atoms with Crippen molar-refractivity contribution in [1.29, 1.82) is 0 Å². The fourth-order valence-corrected chi connectivity index (χ4v) is 11.5. The molecule has 0 aliphatic heterocycles. The quantitative estimate of drug-likeness (QED) is 0.148. The van der Waals surface area contributed by atoms with Gasteiger partial charge in [-0.05, 0) is 109 Å². The molecule has 0 N–H and O–H groups in total. The largest absolute Gasteiger partial charge is 0.309 e. The van der Waals surface area contributed by atoms with Crippen molar-refractivity contribution in [2.75, 3.05) is 4.90 Å². The second-order valence-corrected chi connectivity index (χ2v) is 18.8. The van der Waals surface area contributed by atoms with Crippen molar-refractivity contribution >= 4 is 49.6 Å². The van der Waals surface area contributed by atoms with E-state index in [1.807, 2.05) is 0 Å². The van der Waals surface area contributed by atoms with Crippen LogP contribution in [0.15, 0.2) is 255 Å². The number of nitrogens with zero attached hydrogens (tertiary/aromatic N) is 2. The highest BCUT2D eigenvalue weighted by Crippen LogP contribution is 2.53. The monoisotopic (exact) mass is 880 g/mol. The van der Waals surface area contributed by atoms with Crippen LogP contribution in [0, 0.1) is 0 Å². The summed E-state index contributed by atoms with van der Waals surface area (Å²) >= 11 is 0. The van der Waals surface area contributed by atoms with Crippen molar-refractivity contribution in [1.82, 2.24) is 4.57 Å². The molecule has 1 aliphatic rings. The Hall–Kier alpha value is -8.72. The number of fused-ring (bicyclic) bond motifs is 7. The Morgan fingerprint density at radius 2 is 0.812 bits per heavy atom. The number of hydrogen-bond donors (Lipinski definition) is 0. The van der Waals surface area contributed by atoms with E-state index < -0.39 is 0 Å². The maximum absolute atomic E-state index is 2.55. The summed E-state index contributed by atoms with van der Waals surface area (Å²) < 4.78 is 2.41. The molecule has 0 amide bonds. The van der Waals surface area contributed by atoms with Gasteiger partial charge in [-0.1, -0.05) is 220 Å². The Kier molecular flexibility index (Phi) is 9.55. The Bertz CT molecular complexity index is 3930. The first-order chi connectivity index (χ1) is 34.0. The minimum Gasteiger partial charge on any atom is -0.309 e. The van der Waals surface area contributed by atoms with E-state index in [2.05, 4.69) is 278 Å². The molecular weight excluding hydrogens is 833 g/mol. The summed E-state index contributed by atoms with van der Waals surface area (Å²) in [6, 6.07) is 93.8. The van der Waals surface area contributed by atoms with Gasteiger partial charge in [-0.25, -0.2) is 0 Å². The lowest BCUT2D eigenvalue weighted by atomic mass is 9.81. The van der Waals surface area contributed by atoms with Crippen LogP contribution in [0.3, 0.4) is 0 Å². The average Bonchev–Trinajstić information content (AvgIpc) is 3.87. The molecule has 11 aromatic carbocycles. The van der Waals surface area contributed by atoms with Crippen LogP contribution >= 0.6 is 0 Å². The van der Waals surface area contributed by atoms with Crippen LogP contribution in [0.5, 0.6) is 0 Å². The molecule has 0 bridgehead atoms. The lowest BCUT2D eigenvalue weighted by molar-refractivity contribution is 0.660. The summed E-state index contributed by atoms with van der Waals surface area (Å²) in [5.74, 6) is 0. The summed E-state index contributed by atoms with van der Waals surface area (Å²) in [5, 5.41) is 4.89. The minimum absolute atomic E-state index is 0.141. The zero-order valence-electron chi connectivity index (χ0n) is 38.6. The van der Waals surface area contributed by atoms with Crippen molar-refractivity contribution in [3.05, 3.63) is 266 Å². The summed E-state index contributed by atoms with van der Waals surface area (Å²) in [5.41, 5.74) is 21.5. The van der Waals surface area contributed by atoms with Crippen molar-refractivity contribution in [3.63, 3.8) is 0 Å². The second-order valence-electron chi connectivity index (χ2n) is 18.8. The molecule has 0 saturated carbocycles. The van der Waals surface area contributed by atoms with Gasteiger partial charge in [0, 0.05) is 38.6 Å². The predicted octanol–water partition coefficient (Wildman–Crippen LogP) is 18.4. The van der Waals surface area contributed by atoms with Gasteiger partial charge in [-0.3, -0.25) is 0 Å². The molecule has 326 valence electrons. The van der Waals surface area contributed by atoms with E-state index in [1.54, 1.807) is 0 Å². The Morgan fingerprint density at radius 3 is 1.52 bits per heavy atom. The number of hydrogen-bond acceptors (Lipinski definition) is 1. The summed E-state index contributed by atoms with van der Waals surface area (Å²) in [6.45, 7) is 4.74. The van der Waals surface area contributed by atoms with Crippen LogP contribution in [0.2, 0.25) is 0 Å². The fraction of sp³-hybridized carbons (Fsp3) is 0.0448. The SMILES string of the molecule is CC1(C)c2ccccc2-c2ccc(-c3ccccc3N(c3ccccc3-c3cccc4cccc(-c5ccccc5)c34)c3ccccc3-c3cccc4c3c3ccccc3n4-c3ccccc3)cc21. The molecule has 0 atom stereocenters. The number of aromatic nitrogens is 1. The fourth-order valence-electron chi connectivity index (χ4n) is 11.5. The lowest BCUT2D eigenvalue weighted by Crippen LogP contribution is -2.15. The molecule has 69 heavy (non-hydrogen) atoms. The summed E-state index contributed by atoms with van der Waals surface area (Å²) in [6.07, 6.45) is 0. The van der Waals surface area contributed by atoms with Crippen LogP contribution in [-0.2, 0) is 5.41 Å². The highest BCUT2D eigenvalue weighted by atomic mass is 15.2. The van der Waals surface area contributed by atoms with E-state index in [4.69, 9.17) is 0 Å². The molecule has 0 spiro atoms. The lowest BCUT2D eigenvalue weighted by Gasteiger charge is -2.32. The third kappa shape index (κ3) is 6.48. The van der Waals surface area contributed by atoms with Gasteiger partial charge in [0.1, 0.15) is 0 Å². The molecule has 1 heterocycles.